The van der Waals surface area contributed by atoms with Gasteiger partial charge in [-0.2, -0.15) is 9.97 Å². The molecule has 1 aromatic rings. The molecule has 1 aliphatic heterocycles. The number of amides is 1. The molecule has 0 radical (unpaired) electrons. The Balaban J connectivity index is 1.50. The third-order valence-corrected chi connectivity index (χ3v) is 4.45. The number of halogens is 1. The van der Waals surface area contributed by atoms with Crippen LogP contribution in [0.4, 0.5) is 5.95 Å². The van der Waals surface area contributed by atoms with Gasteiger partial charge in [-0.3, -0.25) is 14.6 Å². The Morgan fingerprint density at radius 1 is 1.30 bits per heavy atom. The van der Waals surface area contributed by atoms with Gasteiger partial charge < -0.3 is 11.1 Å². The van der Waals surface area contributed by atoms with Crippen molar-refractivity contribution >= 4 is 23.5 Å². The first-order chi connectivity index (χ1) is 11.0. The standard InChI is InChI=1S/C14H22ClN7O/c1-9(12-18-13(15)20-14(16)19-12)22-6-4-21(5-7-22)8-11(23)17-10-2-3-10/h9-10H,2-8H2,1H3,(H,17,23)(H2,16,18,19,20). The summed E-state index contributed by atoms with van der Waals surface area (Å²) >= 11 is 5.85. The molecule has 2 fully saturated rings. The number of nitrogens with zero attached hydrogens (tertiary/aromatic N) is 5. The van der Waals surface area contributed by atoms with E-state index in [0.717, 1.165) is 39.0 Å². The van der Waals surface area contributed by atoms with Crippen LogP contribution in [-0.2, 0) is 4.79 Å². The molecular formula is C14H22ClN7O. The van der Waals surface area contributed by atoms with Crippen LogP contribution in [0.1, 0.15) is 31.6 Å². The molecule has 8 nitrogen and oxygen atoms in total. The number of hydrogen-bond donors (Lipinski definition) is 2. The van der Waals surface area contributed by atoms with E-state index in [-0.39, 0.29) is 23.2 Å². The first-order valence-electron chi connectivity index (χ1n) is 7.94. The number of piperazine rings is 1. The van der Waals surface area contributed by atoms with E-state index in [2.05, 4.69) is 30.1 Å². The summed E-state index contributed by atoms with van der Waals surface area (Å²) in [6, 6.07) is 0.433. The third kappa shape index (κ3) is 4.49. The number of nitrogen functional groups attached to an aromatic ring is 1. The molecule has 1 atom stereocenters. The lowest BCUT2D eigenvalue weighted by Gasteiger charge is -2.37. The molecule has 23 heavy (non-hydrogen) atoms. The Kier molecular flexibility index (Phi) is 4.93. The normalized spacial score (nSPS) is 21.1. The van der Waals surface area contributed by atoms with Crippen molar-refractivity contribution in [3.05, 3.63) is 11.1 Å². The van der Waals surface area contributed by atoms with Gasteiger partial charge in [0.05, 0.1) is 12.6 Å². The maximum Gasteiger partial charge on any atom is 0.234 e. The minimum absolute atomic E-state index is 0.0141. The predicted octanol–water partition coefficient (Wildman–Crippen LogP) is 0.0644. The smallest absolute Gasteiger partial charge is 0.234 e. The highest BCUT2D eigenvalue weighted by atomic mass is 35.5. The molecule has 1 saturated heterocycles. The van der Waals surface area contributed by atoms with Crippen molar-refractivity contribution in [2.24, 2.45) is 0 Å². The summed E-state index contributed by atoms with van der Waals surface area (Å²) in [5.74, 6) is 0.857. The van der Waals surface area contributed by atoms with Crippen molar-refractivity contribution in [3.8, 4) is 0 Å². The maximum absolute atomic E-state index is 11.9. The second-order valence-corrected chi connectivity index (χ2v) is 6.49. The molecule has 1 unspecified atom stereocenters. The minimum atomic E-state index is 0.0141. The second kappa shape index (κ2) is 6.94. The highest BCUT2D eigenvalue weighted by molar-refractivity contribution is 6.28. The molecule has 1 aromatic heterocycles. The van der Waals surface area contributed by atoms with Crippen LogP contribution >= 0.6 is 11.6 Å². The highest BCUT2D eigenvalue weighted by Crippen LogP contribution is 2.20. The van der Waals surface area contributed by atoms with E-state index in [9.17, 15) is 4.79 Å². The Bertz CT molecular complexity index is 552. The van der Waals surface area contributed by atoms with Crippen molar-refractivity contribution in [1.82, 2.24) is 30.1 Å². The third-order valence-electron chi connectivity index (χ3n) is 4.28. The SMILES string of the molecule is CC(c1nc(N)nc(Cl)n1)N1CCN(CC(=O)NC2CC2)CC1. The number of rotatable bonds is 5. The summed E-state index contributed by atoms with van der Waals surface area (Å²) in [6.45, 7) is 5.89. The van der Waals surface area contributed by atoms with Crippen molar-refractivity contribution < 1.29 is 4.79 Å². The van der Waals surface area contributed by atoms with Gasteiger partial charge in [0.1, 0.15) is 0 Å². The van der Waals surface area contributed by atoms with Gasteiger partial charge in [0.15, 0.2) is 5.82 Å². The van der Waals surface area contributed by atoms with E-state index >= 15 is 0 Å². The molecule has 0 aromatic carbocycles. The van der Waals surface area contributed by atoms with Crippen LogP contribution in [0, 0.1) is 0 Å². The number of nitrogens with one attached hydrogen (secondary N) is 1. The average Bonchev–Trinajstić information content (AvgIpc) is 3.30. The zero-order valence-corrected chi connectivity index (χ0v) is 14.0. The Morgan fingerprint density at radius 3 is 2.61 bits per heavy atom. The summed E-state index contributed by atoms with van der Waals surface area (Å²) in [6.07, 6.45) is 2.24. The fourth-order valence-electron chi connectivity index (χ4n) is 2.74. The largest absolute Gasteiger partial charge is 0.368 e. The lowest BCUT2D eigenvalue weighted by molar-refractivity contribution is -0.122. The fraction of sp³-hybridized carbons (Fsp3) is 0.714. The van der Waals surface area contributed by atoms with Crippen LogP contribution in [-0.4, -0.2) is 69.4 Å². The van der Waals surface area contributed by atoms with Gasteiger partial charge in [-0.25, -0.2) is 4.98 Å². The van der Waals surface area contributed by atoms with Crippen LogP contribution in [0.3, 0.4) is 0 Å². The van der Waals surface area contributed by atoms with Crippen LogP contribution in [0.2, 0.25) is 5.28 Å². The molecule has 126 valence electrons. The van der Waals surface area contributed by atoms with Crippen LogP contribution in [0.15, 0.2) is 0 Å². The summed E-state index contributed by atoms with van der Waals surface area (Å²) in [7, 11) is 0. The van der Waals surface area contributed by atoms with Gasteiger partial charge in [-0.1, -0.05) is 0 Å². The molecule has 9 heteroatoms. The van der Waals surface area contributed by atoms with Crippen LogP contribution in [0.5, 0.6) is 0 Å². The molecule has 0 spiro atoms. The van der Waals surface area contributed by atoms with Crippen molar-refractivity contribution in [1.29, 1.82) is 0 Å². The van der Waals surface area contributed by atoms with Crippen molar-refractivity contribution in [2.45, 2.75) is 31.8 Å². The van der Waals surface area contributed by atoms with E-state index < -0.39 is 0 Å². The molecule has 3 N–H and O–H groups in total. The highest BCUT2D eigenvalue weighted by Gasteiger charge is 2.27. The van der Waals surface area contributed by atoms with E-state index in [1.807, 2.05) is 6.92 Å². The van der Waals surface area contributed by atoms with Gasteiger partial charge in [0.2, 0.25) is 17.1 Å². The summed E-state index contributed by atoms with van der Waals surface area (Å²) in [5.41, 5.74) is 5.63. The van der Waals surface area contributed by atoms with E-state index in [4.69, 9.17) is 17.3 Å². The Labute approximate surface area is 140 Å². The molecule has 3 rings (SSSR count). The summed E-state index contributed by atoms with van der Waals surface area (Å²) in [4.78, 5) is 28.4. The van der Waals surface area contributed by atoms with Gasteiger partial charge in [-0.15, -0.1) is 0 Å². The first-order valence-corrected chi connectivity index (χ1v) is 8.32. The van der Waals surface area contributed by atoms with Gasteiger partial charge >= 0.3 is 0 Å². The number of nitrogens with two attached hydrogens (primary N) is 1. The number of hydrogen-bond acceptors (Lipinski definition) is 7. The molecule has 1 aliphatic carbocycles. The topological polar surface area (TPSA) is 100 Å². The zero-order valence-electron chi connectivity index (χ0n) is 13.2. The van der Waals surface area contributed by atoms with Gasteiger partial charge in [0.25, 0.3) is 0 Å². The fourth-order valence-corrected chi connectivity index (χ4v) is 2.92. The van der Waals surface area contributed by atoms with Gasteiger partial charge in [0, 0.05) is 32.2 Å². The molecule has 2 heterocycles. The van der Waals surface area contributed by atoms with Crippen LogP contribution in [0.25, 0.3) is 0 Å². The number of aromatic nitrogens is 3. The average molecular weight is 340 g/mol. The maximum atomic E-state index is 11.9. The summed E-state index contributed by atoms with van der Waals surface area (Å²) in [5, 5.41) is 3.14. The van der Waals surface area contributed by atoms with Crippen molar-refractivity contribution in [2.75, 3.05) is 38.5 Å². The molecule has 1 amide bonds. The predicted molar refractivity (Wildman–Crippen MR) is 86.8 cm³/mol. The molecule has 0 bridgehead atoms. The quantitative estimate of drug-likeness (QED) is 0.782. The monoisotopic (exact) mass is 339 g/mol. The van der Waals surface area contributed by atoms with Gasteiger partial charge in [-0.05, 0) is 31.4 Å². The Morgan fingerprint density at radius 2 is 2.00 bits per heavy atom. The van der Waals surface area contributed by atoms with E-state index in [0.29, 0.717) is 18.4 Å². The molecule has 1 saturated carbocycles. The van der Waals surface area contributed by atoms with E-state index in [1.54, 1.807) is 0 Å². The van der Waals surface area contributed by atoms with Crippen molar-refractivity contribution in [3.63, 3.8) is 0 Å². The lowest BCUT2D eigenvalue weighted by Crippen LogP contribution is -2.50. The molecular weight excluding hydrogens is 318 g/mol. The molecule has 2 aliphatic rings. The number of carbonyl (C=O) groups is 1. The summed E-state index contributed by atoms with van der Waals surface area (Å²) < 4.78 is 0. The van der Waals surface area contributed by atoms with E-state index in [1.165, 1.54) is 0 Å². The zero-order chi connectivity index (χ0) is 16.4. The number of anilines is 1. The number of carbonyl (C=O) groups excluding carboxylic acids is 1. The first kappa shape index (κ1) is 16.4. The Hall–Kier alpha value is -1.51. The second-order valence-electron chi connectivity index (χ2n) is 6.15. The van der Waals surface area contributed by atoms with Crippen LogP contribution < -0.4 is 11.1 Å². The lowest BCUT2D eigenvalue weighted by atomic mass is 10.2. The minimum Gasteiger partial charge on any atom is -0.368 e.